The minimum atomic E-state index is -3.31. The molecule has 6 nitrogen and oxygen atoms in total. The van der Waals surface area contributed by atoms with Crippen molar-refractivity contribution in [1.82, 2.24) is 9.62 Å². The quantitative estimate of drug-likeness (QED) is 0.713. The molecule has 1 heterocycles. The van der Waals surface area contributed by atoms with Crippen molar-refractivity contribution in [1.29, 1.82) is 0 Å². The summed E-state index contributed by atoms with van der Waals surface area (Å²) in [6.07, 6.45) is 1.78. The minimum absolute atomic E-state index is 0.0104. The normalized spacial score (nSPS) is 17.3. The number of hydrogen-bond acceptors (Lipinski definition) is 3. The Bertz CT molecular complexity index is 1040. The third kappa shape index (κ3) is 5.80. The zero-order valence-electron chi connectivity index (χ0n) is 17.6. The number of nitrogens with one attached hydrogen (secondary N) is 2. The third-order valence-electron chi connectivity index (χ3n) is 5.39. The molecule has 31 heavy (non-hydrogen) atoms. The number of nitrogens with zero attached hydrogens (tertiary/aromatic N) is 1. The van der Waals surface area contributed by atoms with E-state index < -0.39 is 21.7 Å². The van der Waals surface area contributed by atoms with Crippen LogP contribution in [0, 0.1) is 18.6 Å². The van der Waals surface area contributed by atoms with Crippen LogP contribution in [-0.4, -0.2) is 44.2 Å². The fraction of sp³-hybridized carbons (Fsp3) is 0.409. The molecule has 0 aliphatic carbocycles. The lowest BCUT2D eigenvalue weighted by molar-refractivity contribution is 0.213. The van der Waals surface area contributed by atoms with E-state index in [0.717, 1.165) is 5.56 Å². The Morgan fingerprint density at radius 3 is 2.52 bits per heavy atom. The molecule has 2 aromatic carbocycles. The standard InChI is InChI=1S/C22H27F2N3O3S/c1-3-31(29,30)26-16-6-5-12-27(13-11-16)22(28)25-20-10-9-15(2)14-17(20)21-18(23)7-4-8-19(21)24/h4,7-10,14,16,26H,3,5-6,11-13H2,1-2H3,(H,25,28)/t16-/m0/s1. The van der Waals surface area contributed by atoms with Gasteiger partial charge in [0, 0.05) is 24.7 Å². The first-order valence-electron chi connectivity index (χ1n) is 10.3. The number of carbonyl (C=O) groups excluding carboxylic acids is 1. The lowest BCUT2D eigenvalue weighted by Gasteiger charge is -2.22. The molecule has 0 radical (unpaired) electrons. The molecular weight excluding hydrogens is 424 g/mol. The van der Waals surface area contributed by atoms with Crippen LogP contribution in [0.2, 0.25) is 0 Å². The van der Waals surface area contributed by atoms with Gasteiger partial charge in [0.1, 0.15) is 11.6 Å². The minimum Gasteiger partial charge on any atom is -0.324 e. The van der Waals surface area contributed by atoms with Gasteiger partial charge in [-0.3, -0.25) is 0 Å². The van der Waals surface area contributed by atoms with E-state index in [1.54, 1.807) is 36.9 Å². The van der Waals surface area contributed by atoms with Gasteiger partial charge < -0.3 is 10.2 Å². The highest BCUT2D eigenvalue weighted by atomic mass is 32.2. The van der Waals surface area contributed by atoms with Crippen molar-refractivity contribution in [3.8, 4) is 11.1 Å². The summed E-state index contributed by atoms with van der Waals surface area (Å²) in [5.74, 6) is -1.40. The van der Waals surface area contributed by atoms with Gasteiger partial charge in [-0.05, 0) is 57.4 Å². The van der Waals surface area contributed by atoms with Gasteiger partial charge in [-0.15, -0.1) is 0 Å². The first-order chi connectivity index (χ1) is 14.7. The van der Waals surface area contributed by atoms with E-state index in [1.165, 1.54) is 18.2 Å². The van der Waals surface area contributed by atoms with Crippen LogP contribution in [0.25, 0.3) is 11.1 Å². The van der Waals surface area contributed by atoms with Gasteiger partial charge in [0.05, 0.1) is 17.0 Å². The Balaban J connectivity index is 1.77. The predicted molar refractivity (Wildman–Crippen MR) is 117 cm³/mol. The molecule has 2 aromatic rings. The van der Waals surface area contributed by atoms with Crippen molar-refractivity contribution in [3.05, 3.63) is 53.6 Å². The van der Waals surface area contributed by atoms with Crippen LogP contribution in [0.3, 0.4) is 0 Å². The number of anilines is 1. The average molecular weight is 452 g/mol. The molecule has 9 heteroatoms. The summed E-state index contributed by atoms with van der Waals surface area (Å²) in [7, 11) is -3.31. The van der Waals surface area contributed by atoms with Crippen LogP contribution in [0.4, 0.5) is 19.3 Å². The number of urea groups is 1. The molecule has 1 saturated heterocycles. The summed E-state index contributed by atoms with van der Waals surface area (Å²) >= 11 is 0. The largest absolute Gasteiger partial charge is 0.324 e. The van der Waals surface area contributed by atoms with Gasteiger partial charge in [-0.2, -0.15) is 0 Å². The van der Waals surface area contributed by atoms with Gasteiger partial charge in [0.25, 0.3) is 0 Å². The van der Waals surface area contributed by atoms with E-state index in [-0.39, 0.29) is 29.0 Å². The molecule has 0 bridgehead atoms. The Labute approximate surface area is 181 Å². The molecule has 0 unspecified atom stereocenters. The monoisotopic (exact) mass is 451 g/mol. The second-order valence-corrected chi connectivity index (χ2v) is 9.75. The van der Waals surface area contributed by atoms with Crippen molar-refractivity contribution in [2.24, 2.45) is 0 Å². The van der Waals surface area contributed by atoms with E-state index >= 15 is 0 Å². The molecule has 2 amide bonds. The van der Waals surface area contributed by atoms with Crippen LogP contribution >= 0.6 is 0 Å². The highest BCUT2D eigenvalue weighted by Gasteiger charge is 2.24. The van der Waals surface area contributed by atoms with Crippen molar-refractivity contribution in [2.75, 3.05) is 24.2 Å². The number of benzene rings is 2. The fourth-order valence-electron chi connectivity index (χ4n) is 3.68. The lowest BCUT2D eigenvalue weighted by atomic mass is 10.00. The second-order valence-electron chi connectivity index (χ2n) is 7.71. The summed E-state index contributed by atoms with van der Waals surface area (Å²) < 4.78 is 55.1. The fourth-order valence-corrected chi connectivity index (χ4v) is 4.59. The molecule has 0 aromatic heterocycles. The number of amides is 2. The maximum Gasteiger partial charge on any atom is 0.321 e. The van der Waals surface area contributed by atoms with Crippen LogP contribution < -0.4 is 10.0 Å². The molecular formula is C22H27F2N3O3S. The molecule has 1 atom stereocenters. The van der Waals surface area contributed by atoms with Crippen molar-refractivity contribution in [3.63, 3.8) is 0 Å². The summed E-state index contributed by atoms with van der Waals surface area (Å²) in [5, 5.41) is 2.78. The number of rotatable bonds is 5. The zero-order valence-corrected chi connectivity index (χ0v) is 18.4. The molecule has 0 saturated carbocycles. The van der Waals surface area contributed by atoms with E-state index in [9.17, 15) is 22.0 Å². The van der Waals surface area contributed by atoms with Crippen LogP contribution in [0.1, 0.15) is 31.7 Å². The Morgan fingerprint density at radius 2 is 1.84 bits per heavy atom. The third-order valence-corrected chi connectivity index (χ3v) is 6.84. The van der Waals surface area contributed by atoms with Crippen molar-refractivity contribution >= 4 is 21.7 Å². The van der Waals surface area contributed by atoms with Gasteiger partial charge in [0.15, 0.2) is 0 Å². The number of likely N-dealkylation sites (tertiary alicyclic amines) is 1. The number of halogens is 2. The number of hydrogen-bond donors (Lipinski definition) is 2. The Hall–Kier alpha value is -2.52. The van der Waals surface area contributed by atoms with Gasteiger partial charge in [-0.1, -0.05) is 17.7 Å². The molecule has 2 N–H and O–H groups in total. The molecule has 1 aliphatic rings. The van der Waals surface area contributed by atoms with Gasteiger partial charge in [-0.25, -0.2) is 26.7 Å². The average Bonchev–Trinajstić information content (AvgIpc) is 2.95. The maximum absolute atomic E-state index is 14.4. The number of aryl methyl sites for hydroxylation is 1. The van der Waals surface area contributed by atoms with E-state index in [2.05, 4.69) is 10.0 Å². The SMILES string of the molecule is CCS(=O)(=O)N[C@H]1CCCN(C(=O)Nc2ccc(C)cc2-c2c(F)cccc2F)CC1. The number of carbonyl (C=O) groups is 1. The second kappa shape index (κ2) is 9.74. The highest BCUT2D eigenvalue weighted by Crippen LogP contribution is 2.33. The van der Waals surface area contributed by atoms with E-state index in [1.807, 2.05) is 0 Å². The predicted octanol–water partition coefficient (Wildman–Crippen LogP) is 4.27. The topological polar surface area (TPSA) is 78.5 Å². The van der Waals surface area contributed by atoms with Crippen LogP contribution in [0.15, 0.2) is 36.4 Å². The molecule has 0 spiro atoms. The molecule has 1 aliphatic heterocycles. The van der Waals surface area contributed by atoms with Crippen molar-refractivity contribution < 1.29 is 22.0 Å². The zero-order chi connectivity index (χ0) is 22.6. The van der Waals surface area contributed by atoms with Crippen molar-refractivity contribution in [2.45, 2.75) is 39.2 Å². The summed E-state index contributed by atoms with van der Waals surface area (Å²) in [5.41, 5.74) is 1.20. The summed E-state index contributed by atoms with van der Waals surface area (Å²) in [6, 6.07) is 8.07. The molecule has 1 fully saturated rings. The molecule has 168 valence electrons. The van der Waals surface area contributed by atoms with E-state index in [0.29, 0.717) is 38.0 Å². The highest BCUT2D eigenvalue weighted by molar-refractivity contribution is 7.89. The molecule has 3 rings (SSSR count). The Morgan fingerprint density at radius 1 is 1.13 bits per heavy atom. The van der Waals surface area contributed by atoms with Gasteiger partial charge >= 0.3 is 6.03 Å². The summed E-state index contributed by atoms with van der Waals surface area (Å²) in [6.45, 7) is 4.22. The van der Waals surface area contributed by atoms with E-state index in [4.69, 9.17) is 0 Å². The number of sulfonamides is 1. The first kappa shape index (κ1) is 23.1. The summed E-state index contributed by atoms with van der Waals surface area (Å²) in [4.78, 5) is 14.5. The smallest absolute Gasteiger partial charge is 0.321 e. The van der Waals surface area contributed by atoms with Gasteiger partial charge in [0.2, 0.25) is 10.0 Å². The maximum atomic E-state index is 14.4. The first-order valence-corrected chi connectivity index (χ1v) is 12.0. The van der Waals surface area contributed by atoms with Crippen LogP contribution in [-0.2, 0) is 10.0 Å². The lowest BCUT2D eigenvalue weighted by Crippen LogP contribution is -2.38. The van der Waals surface area contributed by atoms with Crippen LogP contribution in [0.5, 0.6) is 0 Å². The Kier molecular flexibility index (Phi) is 7.27.